The van der Waals surface area contributed by atoms with Gasteiger partial charge in [0, 0.05) is 51.5 Å². The second-order valence-corrected chi connectivity index (χ2v) is 4.72. The second kappa shape index (κ2) is 5.35. The van der Waals surface area contributed by atoms with E-state index in [1.807, 2.05) is 23.6 Å². The summed E-state index contributed by atoms with van der Waals surface area (Å²) < 4.78 is 1.85. The quantitative estimate of drug-likeness (QED) is 0.734. The van der Waals surface area contributed by atoms with Gasteiger partial charge in [-0.3, -0.25) is 14.4 Å². The number of aromatic nitrogens is 2. The molecule has 0 unspecified atom stereocenters. The smallest absolute Gasteiger partial charge is 0.246 e. The zero-order valence-electron chi connectivity index (χ0n) is 11.1. The monoisotopic (exact) mass is 248 g/mol. The van der Waals surface area contributed by atoms with Gasteiger partial charge in [0.2, 0.25) is 5.91 Å². The number of nitrogens with zero attached hydrogens (tertiary/aromatic N) is 4. The van der Waals surface area contributed by atoms with Crippen molar-refractivity contribution in [3.05, 3.63) is 30.1 Å². The fourth-order valence-electron chi connectivity index (χ4n) is 2.30. The molecule has 1 fully saturated rings. The van der Waals surface area contributed by atoms with Crippen molar-refractivity contribution in [2.45, 2.75) is 13.5 Å². The van der Waals surface area contributed by atoms with Gasteiger partial charge in [0.1, 0.15) is 0 Å². The fraction of sp³-hybridized carbons (Fsp3) is 0.538. The molecule has 0 aromatic carbocycles. The van der Waals surface area contributed by atoms with E-state index < -0.39 is 0 Å². The van der Waals surface area contributed by atoms with E-state index in [9.17, 15) is 4.79 Å². The number of amides is 1. The summed E-state index contributed by atoms with van der Waals surface area (Å²) in [6, 6.07) is 0. The third-order valence-corrected chi connectivity index (χ3v) is 3.37. The van der Waals surface area contributed by atoms with Crippen molar-refractivity contribution in [3.8, 4) is 0 Å². The van der Waals surface area contributed by atoms with Crippen molar-refractivity contribution in [1.82, 2.24) is 19.6 Å². The van der Waals surface area contributed by atoms with Crippen LogP contribution in [0, 0.1) is 6.92 Å². The van der Waals surface area contributed by atoms with Crippen LogP contribution in [0.1, 0.15) is 11.3 Å². The average Bonchev–Trinajstić information content (AvgIpc) is 2.68. The van der Waals surface area contributed by atoms with Crippen molar-refractivity contribution in [1.29, 1.82) is 0 Å². The van der Waals surface area contributed by atoms with E-state index in [4.69, 9.17) is 0 Å². The van der Waals surface area contributed by atoms with E-state index in [2.05, 4.69) is 22.8 Å². The van der Waals surface area contributed by atoms with Gasteiger partial charge in [0.05, 0.1) is 5.69 Å². The maximum atomic E-state index is 11.5. The molecule has 0 aliphatic carbocycles. The normalized spacial score (nSPS) is 16.9. The molecule has 0 spiro atoms. The summed E-state index contributed by atoms with van der Waals surface area (Å²) in [5.74, 6) is 0.0345. The molecule has 5 nitrogen and oxygen atoms in total. The third-order valence-electron chi connectivity index (χ3n) is 3.37. The fourth-order valence-corrected chi connectivity index (χ4v) is 2.30. The summed E-state index contributed by atoms with van der Waals surface area (Å²) >= 11 is 0. The van der Waals surface area contributed by atoms with Crippen LogP contribution in [0.25, 0.3) is 0 Å². The van der Waals surface area contributed by atoms with Crippen LogP contribution in [0.2, 0.25) is 0 Å². The van der Waals surface area contributed by atoms with Crippen LogP contribution in [-0.4, -0.2) is 51.7 Å². The van der Waals surface area contributed by atoms with Crippen molar-refractivity contribution in [3.63, 3.8) is 0 Å². The number of hydrogen-bond acceptors (Lipinski definition) is 3. The summed E-state index contributed by atoms with van der Waals surface area (Å²) in [4.78, 5) is 15.7. The molecule has 1 aromatic rings. The van der Waals surface area contributed by atoms with Crippen molar-refractivity contribution < 1.29 is 4.79 Å². The number of aryl methyl sites for hydroxylation is 2. The van der Waals surface area contributed by atoms with Gasteiger partial charge < -0.3 is 4.90 Å². The van der Waals surface area contributed by atoms with E-state index in [-0.39, 0.29) is 5.91 Å². The zero-order chi connectivity index (χ0) is 13.1. The Morgan fingerprint density at radius 3 is 2.61 bits per heavy atom. The third kappa shape index (κ3) is 2.79. The number of carbonyl (C=O) groups is 1. The summed E-state index contributed by atoms with van der Waals surface area (Å²) in [7, 11) is 1.94. The molecular weight excluding hydrogens is 228 g/mol. The maximum Gasteiger partial charge on any atom is 0.246 e. The first-order valence-electron chi connectivity index (χ1n) is 6.23. The molecular formula is C13H20N4O. The van der Waals surface area contributed by atoms with Gasteiger partial charge >= 0.3 is 0 Å². The minimum atomic E-state index is 0.0345. The van der Waals surface area contributed by atoms with Gasteiger partial charge in [-0.25, -0.2) is 0 Å². The molecule has 2 heterocycles. The highest BCUT2D eigenvalue weighted by Crippen LogP contribution is 2.11. The molecule has 0 N–H and O–H groups in total. The van der Waals surface area contributed by atoms with Crippen molar-refractivity contribution >= 4 is 5.91 Å². The maximum absolute atomic E-state index is 11.5. The molecule has 1 aliphatic rings. The Balaban J connectivity index is 1.89. The average molecular weight is 248 g/mol. The zero-order valence-corrected chi connectivity index (χ0v) is 11.1. The molecule has 1 amide bonds. The predicted molar refractivity (Wildman–Crippen MR) is 70.0 cm³/mol. The Kier molecular flexibility index (Phi) is 3.81. The van der Waals surface area contributed by atoms with E-state index in [0.29, 0.717) is 0 Å². The van der Waals surface area contributed by atoms with Crippen molar-refractivity contribution in [2.24, 2.45) is 7.05 Å². The second-order valence-electron chi connectivity index (χ2n) is 4.72. The molecule has 2 rings (SSSR count). The Hall–Kier alpha value is -1.62. The first-order valence-corrected chi connectivity index (χ1v) is 6.23. The first kappa shape index (κ1) is 12.8. The van der Waals surface area contributed by atoms with Crippen LogP contribution in [0.5, 0.6) is 0 Å². The number of piperazine rings is 1. The van der Waals surface area contributed by atoms with Gasteiger partial charge in [0.15, 0.2) is 0 Å². The minimum absolute atomic E-state index is 0.0345. The lowest BCUT2D eigenvalue weighted by atomic mass is 10.2. The molecule has 18 heavy (non-hydrogen) atoms. The van der Waals surface area contributed by atoms with Crippen LogP contribution in [0.15, 0.2) is 18.9 Å². The van der Waals surface area contributed by atoms with Crippen LogP contribution in [-0.2, 0) is 18.4 Å². The summed E-state index contributed by atoms with van der Waals surface area (Å²) in [5, 5.41) is 4.35. The Bertz CT molecular complexity index is 444. The first-order chi connectivity index (χ1) is 8.60. The standard InChI is InChI=1S/C13H20N4O/c1-4-13(18)17-7-5-16(6-8-17)10-12-9-15(3)14-11(12)2/h4,9H,1,5-8,10H2,2-3H3. The molecule has 0 saturated carbocycles. The molecule has 98 valence electrons. The summed E-state index contributed by atoms with van der Waals surface area (Å²) in [5.41, 5.74) is 2.35. The van der Waals surface area contributed by atoms with Crippen molar-refractivity contribution in [2.75, 3.05) is 26.2 Å². The van der Waals surface area contributed by atoms with Gasteiger partial charge in [-0.1, -0.05) is 6.58 Å². The topological polar surface area (TPSA) is 41.4 Å². The number of hydrogen-bond donors (Lipinski definition) is 0. The van der Waals surface area contributed by atoms with E-state index >= 15 is 0 Å². The van der Waals surface area contributed by atoms with Gasteiger partial charge in [-0.2, -0.15) is 5.10 Å². The molecule has 1 aliphatic heterocycles. The van der Waals surface area contributed by atoms with E-state index in [1.54, 1.807) is 0 Å². The number of carbonyl (C=O) groups excluding carboxylic acids is 1. The molecule has 0 radical (unpaired) electrons. The lowest BCUT2D eigenvalue weighted by Gasteiger charge is -2.34. The Morgan fingerprint density at radius 2 is 2.11 bits per heavy atom. The predicted octanol–water partition coefficient (Wildman–Crippen LogP) is 0.559. The largest absolute Gasteiger partial charge is 0.337 e. The lowest BCUT2D eigenvalue weighted by molar-refractivity contribution is -0.127. The summed E-state index contributed by atoms with van der Waals surface area (Å²) in [6.45, 7) is 9.85. The Morgan fingerprint density at radius 1 is 1.44 bits per heavy atom. The Labute approximate surface area is 108 Å². The lowest BCUT2D eigenvalue weighted by Crippen LogP contribution is -2.47. The van der Waals surface area contributed by atoms with Gasteiger partial charge in [-0.15, -0.1) is 0 Å². The van der Waals surface area contributed by atoms with E-state index in [0.717, 1.165) is 38.4 Å². The molecule has 1 aromatic heterocycles. The highest BCUT2D eigenvalue weighted by atomic mass is 16.2. The molecule has 0 bridgehead atoms. The van der Waals surface area contributed by atoms with Gasteiger partial charge in [0.25, 0.3) is 0 Å². The van der Waals surface area contributed by atoms with E-state index in [1.165, 1.54) is 11.6 Å². The van der Waals surface area contributed by atoms with Crippen LogP contribution < -0.4 is 0 Å². The highest BCUT2D eigenvalue weighted by Gasteiger charge is 2.20. The molecule has 5 heteroatoms. The van der Waals surface area contributed by atoms with Crippen LogP contribution in [0.4, 0.5) is 0 Å². The minimum Gasteiger partial charge on any atom is -0.337 e. The summed E-state index contributed by atoms with van der Waals surface area (Å²) in [6.07, 6.45) is 3.46. The van der Waals surface area contributed by atoms with Crippen LogP contribution >= 0.6 is 0 Å². The highest BCUT2D eigenvalue weighted by molar-refractivity contribution is 5.87. The SMILES string of the molecule is C=CC(=O)N1CCN(Cc2cn(C)nc2C)CC1. The number of rotatable bonds is 3. The molecule has 1 saturated heterocycles. The van der Waals surface area contributed by atoms with Gasteiger partial charge in [-0.05, 0) is 13.0 Å². The molecule has 0 atom stereocenters. The van der Waals surface area contributed by atoms with Crippen LogP contribution in [0.3, 0.4) is 0 Å².